The highest BCUT2D eigenvalue weighted by Crippen LogP contribution is 2.55. The van der Waals surface area contributed by atoms with E-state index >= 15 is 0 Å². The van der Waals surface area contributed by atoms with Gasteiger partial charge in [0.15, 0.2) is 0 Å². The fourth-order valence-corrected chi connectivity index (χ4v) is 5.79. The maximum atomic E-state index is 12.5. The maximum absolute atomic E-state index is 12.5. The van der Waals surface area contributed by atoms with Crippen LogP contribution in [0.15, 0.2) is 0 Å². The summed E-state index contributed by atoms with van der Waals surface area (Å²) in [5, 5.41) is 0. The van der Waals surface area contributed by atoms with Crippen molar-refractivity contribution in [2.75, 3.05) is 12.3 Å². The van der Waals surface area contributed by atoms with Crippen LogP contribution in [0.3, 0.4) is 0 Å². The molecule has 1 fully saturated rings. The van der Waals surface area contributed by atoms with Crippen molar-refractivity contribution in [3.8, 4) is 0 Å². The van der Waals surface area contributed by atoms with Crippen LogP contribution in [-0.2, 0) is 4.57 Å². The van der Waals surface area contributed by atoms with Crippen LogP contribution < -0.4 is 0 Å². The second-order valence-electron chi connectivity index (χ2n) is 4.28. The SMILES string of the molecule is CCCP(=O)(CC)C1CCCCC1. The lowest BCUT2D eigenvalue weighted by Crippen LogP contribution is -2.16. The highest BCUT2D eigenvalue weighted by Gasteiger charge is 2.30. The van der Waals surface area contributed by atoms with E-state index in [4.69, 9.17) is 0 Å². The first-order chi connectivity index (χ1) is 6.23. The molecule has 2 heteroatoms. The van der Waals surface area contributed by atoms with Crippen LogP contribution in [0.2, 0.25) is 0 Å². The van der Waals surface area contributed by atoms with Gasteiger partial charge in [-0.25, -0.2) is 0 Å². The summed E-state index contributed by atoms with van der Waals surface area (Å²) in [6.07, 6.45) is 9.51. The lowest BCUT2D eigenvalue weighted by molar-refractivity contribution is 0.482. The van der Waals surface area contributed by atoms with Gasteiger partial charge in [-0.1, -0.05) is 33.1 Å². The first-order valence-corrected chi connectivity index (χ1v) is 7.95. The van der Waals surface area contributed by atoms with E-state index in [2.05, 4.69) is 13.8 Å². The molecular weight excluding hydrogens is 179 g/mol. The fraction of sp³-hybridized carbons (Fsp3) is 1.00. The third-order valence-electron chi connectivity index (χ3n) is 3.38. The van der Waals surface area contributed by atoms with Gasteiger partial charge in [-0.3, -0.25) is 0 Å². The molecule has 0 aliphatic heterocycles. The minimum atomic E-state index is -1.78. The first kappa shape index (κ1) is 11.3. The number of hydrogen-bond donors (Lipinski definition) is 0. The van der Waals surface area contributed by atoms with Crippen LogP contribution >= 0.6 is 7.14 Å². The van der Waals surface area contributed by atoms with E-state index in [-0.39, 0.29) is 0 Å². The minimum absolute atomic E-state index is 0.589. The molecular formula is C11H23OP. The Morgan fingerprint density at radius 1 is 1.15 bits per heavy atom. The van der Waals surface area contributed by atoms with E-state index in [0.717, 1.165) is 18.7 Å². The van der Waals surface area contributed by atoms with Gasteiger partial charge in [-0.05, 0) is 25.4 Å². The van der Waals surface area contributed by atoms with Crippen LogP contribution in [0, 0.1) is 0 Å². The molecule has 0 amide bonds. The van der Waals surface area contributed by atoms with Gasteiger partial charge in [0.05, 0.1) is 7.14 Å². The standard InChI is InChI=1S/C11H23OP/c1-3-10-13(12,4-2)11-8-6-5-7-9-11/h11H,3-10H2,1-2H3. The average molecular weight is 202 g/mol. The predicted octanol–water partition coefficient (Wildman–Crippen LogP) is 4.11. The van der Waals surface area contributed by atoms with Gasteiger partial charge in [0, 0.05) is 11.8 Å². The second kappa shape index (κ2) is 5.20. The highest BCUT2D eigenvalue weighted by molar-refractivity contribution is 7.64. The Kier molecular flexibility index (Phi) is 4.52. The summed E-state index contributed by atoms with van der Waals surface area (Å²) in [6, 6.07) is 0. The van der Waals surface area contributed by atoms with Gasteiger partial charge < -0.3 is 4.57 Å². The third-order valence-corrected chi connectivity index (χ3v) is 7.50. The maximum Gasteiger partial charge on any atom is 0.0904 e. The summed E-state index contributed by atoms with van der Waals surface area (Å²) in [6.45, 7) is 4.27. The first-order valence-electron chi connectivity index (χ1n) is 5.80. The van der Waals surface area contributed by atoms with E-state index in [1.807, 2.05) is 0 Å². The molecule has 0 saturated heterocycles. The van der Waals surface area contributed by atoms with Crippen LogP contribution in [0.5, 0.6) is 0 Å². The Labute approximate surface area is 82.7 Å². The molecule has 1 saturated carbocycles. The molecule has 1 aliphatic carbocycles. The molecule has 13 heavy (non-hydrogen) atoms. The van der Waals surface area contributed by atoms with Gasteiger partial charge in [0.2, 0.25) is 0 Å². The highest BCUT2D eigenvalue weighted by atomic mass is 31.2. The molecule has 1 nitrogen and oxygen atoms in total. The molecule has 0 N–H and O–H groups in total. The molecule has 0 radical (unpaired) electrons. The van der Waals surface area contributed by atoms with Crippen molar-refractivity contribution in [3.63, 3.8) is 0 Å². The van der Waals surface area contributed by atoms with Crippen LogP contribution in [-0.4, -0.2) is 18.0 Å². The minimum Gasteiger partial charge on any atom is -0.323 e. The monoisotopic (exact) mass is 202 g/mol. The predicted molar refractivity (Wildman–Crippen MR) is 60.2 cm³/mol. The molecule has 1 rings (SSSR count). The van der Waals surface area contributed by atoms with Crippen LogP contribution in [0.4, 0.5) is 0 Å². The zero-order valence-corrected chi connectivity index (χ0v) is 9.98. The number of hydrogen-bond acceptors (Lipinski definition) is 1. The van der Waals surface area contributed by atoms with Gasteiger partial charge >= 0.3 is 0 Å². The van der Waals surface area contributed by atoms with Crippen molar-refractivity contribution in [1.82, 2.24) is 0 Å². The van der Waals surface area contributed by atoms with Gasteiger partial charge in [0.1, 0.15) is 0 Å². The number of rotatable bonds is 4. The van der Waals surface area contributed by atoms with Crippen molar-refractivity contribution in [3.05, 3.63) is 0 Å². The molecule has 1 atom stereocenters. The molecule has 78 valence electrons. The Hall–Kier alpha value is 0.230. The van der Waals surface area contributed by atoms with Crippen molar-refractivity contribution in [2.24, 2.45) is 0 Å². The van der Waals surface area contributed by atoms with Crippen molar-refractivity contribution < 1.29 is 4.57 Å². The largest absolute Gasteiger partial charge is 0.323 e. The Balaban J connectivity index is 2.57. The molecule has 0 aromatic carbocycles. The lowest BCUT2D eigenvalue weighted by atomic mass is 10.0. The topological polar surface area (TPSA) is 17.1 Å². The lowest BCUT2D eigenvalue weighted by Gasteiger charge is -2.29. The Morgan fingerprint density at radius 2 is 1.77 bits per heavy atom. The summed E-state index contributed by atoms with van der Waals surface area (Å²) in [7, 11) is -1.78. The van der Waals surface area contributed by atoms with Gasteiger partial charge in [-0.15, -0.1) is 0 Å². The van der Waals surface area contributed by atoms with E-state index in [0.29, 0.717) is 5.66 Å². The Morgan fingerprint density at radius 3 is 2.23 bits per heavy atom. The fourth-order valence-electron chi connectivity index (χ4n) is 2.53. The molecule has 0 aromatic rings. The molecule has 0 bridgehead atoms. The van der Waals surface area contributed by atoms with Crippen molar-refractivity contribution in [2.45, 2.75) is 58.0 Å². The summed E-state index contributed by atoms with van der Waals surface area (Å²) in [5.41, 5.74) is 0.589. The van der Waals surface area contributed by atoms with Crippen LogP contribution in [0.1, 0.15) is 52.4 Å². The van der Waals surface area contributed by atoms with Crippen molar-refractivity contribution >= 4 is 7.14 Å². The van der Waals surface area contributed by atoms with E-state index in [9.17, 15) is 4.57 Å². The zero-order valence-electron chi connectivity index (χ0n) is 9.09. The van der Waals surface area contributed by atoms with E-state index < -0.39 is 7.14 Å². The summed E-state index contributed by atoms with van der Waals surface area (Å²) < 4.78 is 12.5. The molecule has 1 aliphatic rings. The molecule has 0 spiro atoms. The molecule has 1 unspecified atom stereocenters. The normalized spacial score (nSPS) is 24.2. The second-order valence-corrected chi connectivity index (χ2v) is 8.00. The van der Waals surface area contributed by atoms with E-state index in [1.165, 1.54) is 32.1 Å². The zero-order chi connectivity index (χ0) is 9.73. The van der Waals surface area contributed by atoms with Gasteiger partial charge in [0.25, 0.3) is 0 Å². The third kappa shape index (κ3) is 2.84. The Bertz CT molecular complexity index is 183. The van der Waals surface area contributed by atoms with Gasteiger partial charge in [-0.2, -0.15) is 0 Å². The quantitative estimate of drug-likeness (QED) is 0.627. The average Bonchev–Trinajstić information content (AvgIpc) is 2.19. The van der Waals surface area contributed by atoms with Crippen molar-refractivity contribution in [1.29, 1.82) is 0 Å². The van der Waals surface area contributed by atoms with E-state index in [1.54, 1.807) is 0 Å². The summed E-state index contributed by atoms with van der Waals surface area (Å²) in [4.78, 5) is 0. The smallest absolute Gasteiger partial charge is 0.0904 e. The summed E-state index contributed by atoms with van der Waals surface area (Å²) in [5.74, 6) is 0. The van der Waals surface area contributed by atoms with Crippen LogP contribution in [0.25, 0.3) is 0 Å². The molecule has 0 heterocycles. The summed E-state index contributed by atoms with van der Waals surface area (Å²) >= 11 is 0. The molecule has 0 aromatic heterocycles.